The molecule has 0 fully saturated rings. The average Bonchev–Trinajstić information content (AvgIpc) is 2.83. The summed E-state index contributed by atoms with van der Waals surface area (Å²) in [5.41, 5.74) is 0. The van der Waals surface area contributed by atoms with Crippen molar-refractivity contribution < 1.29 is 14.6 Å². The van der Waals surface area contributed by atoms with E-state index >= 15 is 0 Å². The zero-order chi connectivity index (χ0) is 13.1. The van der Waals surface area contributed by atoms with Crippen molar-refractivity contribution in [1.82, 2.24) is 9.80 Å². The largest absolute Gasteiger partial charge is 0.394 e. The normalized spacial score (nSPS) is 14.8. The van der Waals surface area contributed by atoms with Gasteiger partial charge in [-0.25, -0.2) is 0 Å². The number of hydrogen-bond acceptors (Lipinski definition) is 5. The van der Waals surface area contributed by atoms with Gasteiger partial charge in [-0.3, -0.25) is 0 Å². The van der Waals surface area contributed by atoms with Crippen molar-refractivity contribution in [2.24, 2.45) is 0 Å². The van der Waals surface area contributed by atoms with Gasteiger partial charge in [-0.1, -0.05) is 13.3 Å². The fourth-order valence-electron chi connectivity index (χ4n) is 1.74. The molecular weight excluding hydrogens is 232 g/mol. The lowest BCUT2D eigenvalue weighted by Crippen LogP contribution is -2.28. The summed E-state index contributed by atoms with van der Waals surface area (Å²) in [5, 5.41) is 8.51. The summed E-state index contributed by atoms with van der Waals surface area (Å²) in [7, 11) is 0. The Morgan fingerprint density at radius 2 is 1.67 bits per heavy atom. The molecule has 0 atom stereocenters. The summed E-state index contributed by atoms with van der Waals surface area (Å²) in [6, 6.07) is 0. The van der Waals surface area contributed by atoms with Crippen molar-refractivity contribution in [3.05, 3.63) is 12.4 Å². The van der Waals surface area contributed by atoms with Crippen LogP contribution in [0.25, 0.3) is 0 Å². The Balaban J connectivity index is 1.90. The Hall–Kier alpha value is -0.780. The van der Waals surface area contributed by atoms with Gasteiger partial charge in [0.05, 0.1) is 39.7 Å². The molecule has 0 amide bonds. The van der Waals surface area contributed by atoms with Gasteiger partial charge in [-0.2, -0.15) is 0 Å². The van der Waals surface area contributed by atoms with E-state index in [-0.39, 0.29) is 6.61 Å². The molecule has 0 saturated heterocycles. The van der Waals surface area contributed by atoms with Gasteiger partial charge < -0.3 is 24.4 Å². The lowest BCUT2D eigenvalue weighted by molar-refractivity contribution is 0.0284. The van der Waals surface area contributed by atoms with Crippen LogP contribution in [0.5, 0.6) is 0 Å². The highest BCUT2D eigenvalue weighted by Gasteiger charge is 2.10. The summed E-state index contributed by atoms with van der Waals surface area (Å²) in [6.07, 6.45) is 6.76. The van der Waals surface area contributed by atoms with Crippen LogP contribution >= 0.6 is 0 Å². The number of nitrogens with zero attached hydrogens (tertiary/aromatic N) is 2. The Morgan fingerprint density at radius 3 is 2.33 bits per heavy atom. The van der Waals surface area contributed by atoms with Gasteiger partial charge in [0, 0.05) is 25.5 Å². The van der Waals surface area contributed by atoms with E-state index in [0.717, 1.165) is 19.8 Å². The summed E-state index contributed by atoms with van der Waals surface area (Å²) in [5.74, 6) is 0. The molecule has 0 aliphatic carbocycles. The second-order valence-corrected chi connectivity index (χ2v) is 4.37. The minimum atomic E-state index is 0.0756. The number of ether oxygens (including phenoxy) is 2. The number of rotatable bonds is 11. The van der Waals surface area contributed by atoms with E-state index in [1.807, 2.05) is 0 Å². The zero-order valence-electron chi connectivity index (χ0n) is 11.4. The maximum atomic E-state index is 8.51. The molecule has 0 aromatic carbocycles. The minimum Gasteiger partial charge on any atom is -0.394 e. The molecule has 5 nitrogen and oxygen atoms in total. The highest BCUT2D eigenvalue weighted by molar-refractivity contribution is 4.90. The van der Waals surface area contributed by atoms with Crippen LogP contribution in [0.15, 0.2) is 12.4 Å². The van der Waals surface area contributed by atoms with Crippen LogP contribution in [-0.2, 0) is 9.47 Å². The third-order valence-electron chi connectivity index (χ3n) is 2.78. The van der Waals surface area contributed by atoms with E-state index < -0.39 is 0 Å². The standard InChI is InChI=1S/C13H26N2O3/c1-2-3-4-14-5-6-15(13-14)7-9-17-11-12-18-10-8-16/h5-6,16H,2-4,7-13H2,1H3. The van der Waals surface area contributed by atoms with Gasteiger partial charge in [0.25, 0.3) is 0 Å². The van der Waals surface area contributed by atoms with Crippen LogP contribution in [0.2, 0.25) is 0 Å². The number of aliphatic hydroxyl groups excluding tert-OH is 1. The summed E-state index contributed by atoms with van der Waals surface area (Å²) >= 11 is 0. The molecule has 0 aromatic heterocycles. The van der Waals surface area contributed by atoms with Gasteiger partial charge in [0.15, 0.2) is 0 Å². The first-order valence-electron chi connectivity index (χ1n) is 6.79. The smallest absolute Gasteiger partial charge is 0.0894 e. The fraction of sp³-hybridized carbons (Fsp3) is 0.846. The van der Waals surface area contributed by atoms with Crippen molar-refractivity contribution in [2.75, 3.05) is 52.8 Å². The Kier molecular flexibility index (Phi) is 8.63. The Labute approximate surface area is 110 Å². The van der Waals surface area contributed by atoms with Crippen LogP contribution in [0.3, 0.4) is 0 Å². The van der Waals surface area contributed by atoms with Crippen molar-refractivity contribution in [3.63, 3.8) is 0 Å². The van der Waals surface area contributed by atoms with Crippen LogP contribution in [0, 0.1) is 0 Å². The van der Waals surface area contributed by atoms with E-state index in [1.54, 1.807) is 0 Å². The monoisotopic (exact) mass is 258 g/mol. The molecule has 1 rings (SSSR count). The first-order chi connectivity index (χ1) is 8.86. The lowest BCUT2D eigenvalue weighted by Gasteiger charge is -2.21. The predicted molar refractivity (Wildman–Crippen MR) is 71.1 cm³/mol. The van der Waals surface area contributed by atoms with Crippen molar-refractivity contribution in [3.8, 4) is 0 Å². The number of unbranched alkanes of at least 4 members (excludes halogenated alkanes) is 1. The molecule has 0 saturated carbocycles. The molecule has 0 aromatic rings. The van der Waals surface area contributed by atoms with E-state index in [2.05, 4.69) is 29.1 Å². The highest BCUT2D eigenvalue weighted by Crippen LogP contribution is 2.07. The third-order valence-corrected chi connectivity index (χ3v) is 2.78. The minimum absolute atomic E-state index is 0.0756. The van der Waals surface area contributed by atoms with Gasteiger partial charge in [-0.05, 0) is 6.42 Å². The molecule has 5 heteroatoms. The van der Waals surface area contributed by atoms with Crippen molar-refractivity contribution in [2.45, 2.75) is 19.8 Å². The molecule has 1 N–H and O–H groups in total. The fourth-order valence-corrected chi connectivity index (χ4v) is 1.74. The van der Waals surface area contributed by atoms with E-state index in [0.29, 0.717) is 26.4 Å². The predicted octanol–water partition coefficient (Wildman–Crippen LogP) is 0.858. The van der Waals surface area contributed by atoms with E-state index in [1.165, 1.54) is 12.8 Å². The molecule has 106 valence electrons. The van der Waals surface area contributed by atoms with Crippen molar-refractivity contribution in [1.29, 1.82) is 0 Å². The van der Waals surface area contributed by atoms with Crippen LogP contribution in [0.1, 0.15) is 19.8 Å². The molecular formula is C13H26N2O3. The maximum absolute atomic E-state index is 8.51. The van der Waals surface area contributed by atoms with Gasteiger partial charge in [-0.15, -0.1) is 0 Å². The van der Waals surface area contributed by atoms with Crippen LogP contribution in [0.4, 0.5) is 0 Å². The van der Waals surface area contributed by atoms with Crippen LogP contribution in [-0.4, -0.2) is 67.7 Å². The molecule has 0 unspecified atom stereocenters. The summed E-state index contributed by atoms with van der Waals surface area (Å²) < 4.78 is 10.6. The average molecular weight is 258 g/mol. The van der Waals surface area contributed by atoms with Gasteiger partial charge >= 0.3 is 0 Å². The molecule has 1 aliphatic rings. The van der Waals surface area contributed by atoms with Crippen molar-refractivity contribution >= 4 is 0 Å². The summed E-state index contributed by atoms with van der Waals surface area (Å²) in [4.78, 5) is 4.58. The Bertz CT molecular complexity index is 224. The van der Waals surface area contributed by atoms with E-state index in [4.69, 9.17) is 14.6 Å². The molecule has 0 radical (unpaired) electrons. The first kappa shape index (κ1) is 15.3. The van der Waals surface area contributed by atoms with Crippen LogP contribution < -0.4 is 0 Å². The Morgan fingerprint density at radius 1 is 1.00 bits per heavy atom. The molecule has 0 spiro atoms. The van der Waals surface area contributed by atoms with E-state index in [9.17, 15) is 0 Å². The summed E-state index contributed by atoms with van der Waals surface area (Å²) in [6.45, 7) is 7.58. The maximum Gasteiger partial charge on any atom is 0.0894 e. The molecule has 18 heavy (non-hydrogen) atoms. The molecule has 1 heterocycles. The topological polar surface area (TPSA) is 45.2 Å². The second kappa shape index (κ2) is 10.2. The zero-order valence-corrected chi connectivity index (χ0v) is 11.4. The highest BCUT2D eigenvalue weighted by atomic mass is 16.5. The molecule has 1 aliphatic heterocycles. The SMILES string of the molecule is CCCCN1C=CN(CCOCCOCCO)C1. The quantitative estimate of drug-likeness (QED) is 0.557. The number of hydrogen-bond donors (Lipinski definition) is 1. The third kappa shape index (κ3) is 6.83. The van der Waals surface area contributed by atoms with Gasteiger partial charge in [0.2, 0.25) is 0 Å². The first-order valence-corrected chi connectivity index (χ1v) is 6.79. The second-order valence-electron chi connectivity index (χ2n) is 4.37. The lowest BCUT2D eigenvalue weighted by atomic mass is 10.3. The van der Waals surface area contributed by atoms with Gasteiger partial charge in [0.1, 0.15) is 0 Å². The molecule has 0 bridgehead atoms. The number of aliphatic hydroxyl groups is 1.